The minimum Gasteiger partial charge on any atom is -0.381 e. The molecule has 0 aliphatic heterocycles. The van der Waals surface area contributed by atoms with Crippen LogP contribution in [0.5, 0.6) is 0 Å². The number of aromatic nitrogens is 2. The fourth-order valence-electron chi connectivity index (χ4n) is 1.16. The smallest absolute Gasteiger partial charge is 0.169 e. The minimum absolute atomic E-state index is 0.0458. The third kappa shape index (κ3) is 2.34. The van der Waals surface area contributed by atoms with Crippen LogP contribution in [0.15, 0.2) is 12.4 Å². The average molecular weight is 194 g/mol. The molecule has 1 rings (SSSR count). The molecule has 0 atom stereocenters. The first-order valence-electron chi connectivity index (χ1n) is 4.96. The highest BCUT2D eigenvalue weighted by molar-refractivity contribution is 5.56. The van der Waals surface area contributed by atoms with Crippen LogP contribution in [0.1, 0.15) is 33.6 Å². The summed E-state index contributed by atoms with van der Waals surface area (Å²) >= 11 is 0. The van der Waals surface area contributed by atoms with E-state index in [-0.39, 0.29) is 5.54 Å². The van der Waals surface area contributed by atoms with Gasteiger partial charge in [-0.1, -0.05) is 13.8 Å². The summed E-state index contributed by atoms with van der Waals surface area (Å²) in [7, 11) is 0. The summed E-state index contributed by atoms with van der Waals surface area (Å²) < 4.78 is 0. The van der Waals surface area contributed by atoms with Crippen LogP contribution in [0, 0.1) is 0 Å². The molecule has 1 heterocycles. The van der Waals surface area contributed by atoms with Crippen molar-refractivity contribution in [3.05, 3.63) is 12.4 Å². The molecule has 0 radical (unpaired) electrons. The van der Waals surface area contributed by atoms with Crippen LogP contribution in [-0.4, -0.2) is 15.5 Å². The van der Waals surface area contributed by atoms with E-state index in [4.69, 9.17) is 5.73 Å². The van der Waals surface area contributed by atoms with Crippen molar-refractivity contribution in [1.29, 1.82) is 0 Å². The first-order chi connectivity index (χ1) is 6.61. The van der Waals surface area contributed by atoms with E-state index in [1.54, 1.807) is 12.4 Å². The highest BCUT2D eigenvalue weighted by Gasteiger charge is 2.20. The molecule has 0 spiro atoms. The summed E-state index contributed by atoms with van der Waals surface area (Å²) in [6, 6.07) is 0. The molecule has 0 fully saturated rings. The Balaban J connectivity index is 2.82. The molecular weight excluding hydrogens is 176 g/mol. The van der Waals surface area contributed by atoms with Crippen molar-refractivity contribution < 1.29 is 0 Å². The summed E-state index contributed by atoms with van der Waals surface area (Å²) in [6.07, 6.45) is 5.29. The molecule has 78 valence electrons. The van der Waals surface area contributed by atoms with Gasteiger partial charge in [0.2, 0.25) is 0 Å². The number of nitrogens with two attached hydrogens (primary N) is 1. The Morgan fingerprint density at radius 1 is 1.29 bits per heavy atom. The monoisotopic (exact) mass is 194 g/mol. The molecule has 1 aromatic rings. The van der Waals surface area contributed by atoms with Crippen molar-refractivity contribution in [2.75, 3.05) is 11.1 Å². The fourth-order valence-corrected chi connectivity index (χ4v) is 1.16. The maximum Gasteiger partial charge on any atom is 0.169 e. The van der Waals surface area contributed by atoms with Crippen molar-refractivity contribution in [1.82, 2.24) is 9.97 Å². The van der Waals surface area contributed by atoms with Gasteiger partial charge in [-0.3, -0.25) is 0 Å². The lowest BCUT2D eigenvalue weighted by Gasteiger charge is -2.29. The molecule has 4 heteroatoms. The van der Waals surface area contributed by atoms with Crippen LogP contribution in [0.2, 0.25) is 0 Å². The molecular formula is C10H18N4. The number of nitrogens with zero attached hydrogens (tertiary/aromatic N) is 2. The van der Waals surface area contributed by atoms with Gasteiger partial charge in [-0.05, 0) is 19.8 Å². The fraction of sp³-hybridized carbons (Fsp3) is 0.600. The molecule has 3 N–H and O–H groups in total. The molecule has 0 saturated carbocycles. The molecule has 4 nitrogen and oxygen atoms in total. The van der Waals surface area contributed by atoms with Gasteiger partial charge in [0.05, 0.1) is 0 Å². The molecule has 0 aliphatic rings. The van der Waals surface area contributed by atoms with E-state index < -0.39 is 0 Å². The summed E-state index contributed by atoms with van der Waals surface area (Å²) in [6.45, 7) is 6.44. The van der Waals surface area contributed by atoms with Gasteiger partial charge in [0, 0.05) is 17.9 Å². The van der Waals surface area contributed by atoms with Gasteiger partial charge in [0.15, 0.2) is 11.6 Å². The van der Waals surface area contributed by atoms with Gasteiger partial charge in [0.25, 0.3) is 0 Å². The lowest BCUT2D eigenvalue weighted by atomic mass is 9.96. The van der Waals surface area contributed by atoms with Crippen molar-refractivity contribution in [2.24, 2.45) is 0 Å². The Labute approximate surface area is 85.0 Å². The molecule has 0 amide bonds. The van der Waals surface area contributed by atoms with Crippen LogP contribution >= 0.6 is 0 Å². The third-order valence-electron chi connectivity index (χ3n) is 2.71. The quantitative estimate of drug-likeness (QED) is 0.770. The SMILES string of the molecule is CCC(C)(CC)Nc1nccnc1N. The Kier molecular flexibility index (Phi) is 3.28. The number of nitrogens with one attached hydrogen (secondary N) is 1. The molecule has 0 unspecified atom stereocenters. The van der Waals surface area contributed by atoms with Crippen LogP contribution in [0.25, 0.3) is 0 Å². The number of anilines is 2. The predicted octanol–water partition coefficient (Wildman–Crippen LogP) is 2.05. The standard InChI is InChI=1S/C10H18N4/c1-4-10(3,5-2)14-9-8(11)12-6-7-13-9/h6-7H,4-5H2,1-3H3,(H2,11,12)(H,13,14). The second-order valence-corrected chi connectivity index (χ2v) is 3.68. The first-order valence-corrected chi connectivity index (χ1v) is 4.96. The summed E-state index contributed by atoms with van der Waals surface area (Å²) in [5.41, 5.74) is 5.75. The summed E-state index contributed by atoms with van der Waals surface area (Å²) in [4.78, 5) is 8.15. The van der Waals surface area contributed by atoms with Gasteiger partial charge in [0.1, 0.15) is 0 Å². The first kappa shape index (κ1) is 10.8. The lowest BCUT2D eigenvalue weighted by molar-refractivity contribution is 0.477. The molecule has 0 aliphatic carbocycles. The van der Waals surface area contributed by atoms with E-state index in [1.807, 2.05) is 0 Å². The van der Waals surface area contributed by atoms with Crippen molar-refractivity contribution in [3.8, 4) is 0 Å². The van der Waals surface area contributed by atoms with Gasteiger partial charge < -0.3 is 11.1 Å². The Morgan fingerprint density at radius 2 is 1.86 bits per heavy atom. The number of hydrogen-bond donors (Lipinski definition) is 2. The Bertz CT molecular complexity index is 294. The van der Waals surface area contributed by atoms with Crippen LogP contribution in [-0.2, 0) is 0 Å². The largest absolute Gasteiger partial charge is 0.381 e. The van der Waals surface area contributed by atoms with Gasteiger partial charge in [-0.15, -0.1) is 0 Å². The average Bonchev–Trinajstić information content (AvgIpc) is 2.21. The van der Waals surface area contributed by atoms with Crippen LogP contribution in [0.4, 0.5) is 11.6 Å². The minimum atomic E-state index is 0.0458. The summed E-state index contributed by atoms with van der Waals surface area (Å²) in [5, 5.41) is 3.32. The Morgan fingerprint density at radius 3 is 2.36 bits per heavy atom. The molecule has 0 saturated heterocycles. The molecule has 1 aromatic heterocycles. The molecule has 0 aromatic carbocycles. The van der Waals surface area contributed by atoms with Crippen LogP contribution < -0.4 is 11.1 Å². The highest BCUT2D eigenvalue weighted by Crippen LogP contribution is 2.22. The lowest BCUT2D eigenvalue weighted by Crippen LogP contribution is -2.33. The zero-order valence-corrected chi connectivity index (χ0v) is 9.04. The zero-order chi connectivity index (χ0) is 10.6. The normalized spacial score (nSPS) is 11.4. The van der Waals surface area contributed by atoms with Gasteiger partial charge in [-0.25, -0.2) is 9.97 Å². The van der Waals surface area contributed by atoms with Gasteiger partial charge in [-0.2, -0.15) is 0 Å². The number of hydrogen-bond acceptors (Lipinski definition) is 4. The zero-order valence-electron chi connectivity index (χ0n) is 9.04. The second-order valence-electron chi connectivity index (χ2n) is 3.68. The van der Waals surface area contributed by atoms with E-state index >= 15 is 0 Å². The Hall–Kier alpha value is -1.32. The van der Waals surface area contributed by atoms with Crippen molar-refractivity contribution in [2.45, 2.75) is 39.2 Å². The van der Waals surface area contributed by atoms with E-state index in [0.29, 0.717) is 11.6 Å². The van der Waals surface area contributed by atoms with E-state index in [2.05, 4.69) is 36.1 Å². The topological polar surface area (TPSA) is 63.8 Å². The second kappa shape index (κ2) is 4.26. The molecule has 14 heavy (non-hydrogen) atoms. The predicted molar refractivity (Wildman–Crippen MR) is 59.1 cm³/mol. The summed E-state index contributed by atoms with van der Waals surface area (Å²) in [5.74, 6) is 1.14. The maximum atomic E-state index is 5.70. The number of nitrogen functional groups attached to an aromatic ring is 1. The van der Waals surface area contributed by atoms with Crippen LogP contribution in [0.3, 0.4) is 0 Å². The molecule has 0 bridgehead atoms. The number of rotatable bonds is 4. The maximum absolute atomic E-state index is 5.70. The highest BCUT2D eigenvalue weighted by atomic mass is 15.1. The van der Waals surface area contributed by atoms with Crippen molar-refractivity contribution >= 4 is 11.6 Å². The van der Waals surface area contributed by atoms with E-state index in [1.165, 1.54) is 0 Å². The third-order valence-corrected chi connectivity index (χ3v) is 2.71. The van der Waals surface area contributed by atoms with E-state index in [9.17, 15) is 0 Å². The van der Waals surface area contributed by atoms with Crippen molar-refractivity contribution in [3.63, 3.8) is 0 Å². The van der Waals surface area contributed by atoms with Gasteiger partial charge >= 0.3 is 0 Å². The van der Waals surface area contributed by atoms with E-state index in [0.717, 1.165) is 12.8 Å².